The minimum atomic E-state index is -0.294. The Morgan fingerprint density at radius 1 is 0.969 bits per heavy atom. The van der Waals surface area contributed by atoms with Crippen LogP contribution < -0.4 is 10.2 Å². The van der Waals surface area contributed by atoms with Crippen LogP contribution in [0.2, 0.25) is 5.02 Å². The number of halogens is 1. The molecule has 6 heteroatoms. The molecule has 1 amide bonds. The highest BCUT2D eigenvalue weighted by atomic mass is 35.5. The molecule has 1 N–H and O–H groups in total. The van der Waals surface area contributed by atoms with E-state index in [9.17, 15) is 9.59 Å². The molecule has 1 aliphatic heterocycles. The maximum absolute atomic E-state index is 13.5. The first-order valence-corrected chi connectivity index (χ1v) is 11.7. The van der Waals surface area contributed by atoms with Crippen LogP contribution in [0.25, 0.3) is 0 Å². The van der Waals surface area contributed by atoms with Gasteiger partial charge in [0, 0.05) is 25.9 Å². The number of Topliss-reactive ketones (excluding diaryl/α,β-unsaturated/α-hetero) is 1. The number of para-hydroxylation sites is 1. The van der Waals surface area contributed by atoms with Crippen LogP contribution in [-0.2, 0) is 11.2 Å². The van der Waals surface area contributed by atoms with Gasteiger partial charge >= 0.3 is 0 Å². The third-order valence-electron chi connectivity index (χ3n) is 5.46. The molecule has 32 heavy (non-hydrogen) atoms. The fourth-order valence-electron chi connectivity index (χ4n) is 3.81. The van der Waals surface area contributed by atoms with Crippen LogP contribution in [0, 0.1) is 0 Å². The monoisotopic (exact) mass is 464 g/mol. The smallest absolute Gasteiger partial charge is 0.245 e. The quantitative estimate of drug-likeness (QED) is 0.436. The van der Waals surface area contributed by atoms with Gasteiger partial charge in [-0.25, -0.2) is 0 Å². The highest BCUT2D eigenvalue weighted by molar-refractivity contribution is 7.99. The summed E-state index contributed by atoms with van der Waals surface area (Å²) in [6.45, 7) is 5.87. The van der Waals surface area contributed by atoms with Crippen LogP contribution >= 0.6 is 23.4 Å². The molecule has 0 atom stereocenters. The first-order valence-electron chi connectivity index (χ1n) is 10.5. The molecule has 3 aromatic carbocycles. The number of nitrogens with one attached hydrogen (secondary N) is 1. The molecule has 0 bridgehead atoms. The lowest BCUT2D eigenvalue weighted by atomic mass is 9.95. The zero-order chi connectivity index (χ0) is 22.9. The van der Waals surface area contributed by atoms with E-state index in [-0.39, 0.29) is 23.8 Å². The second kappa shape index (κ2) is 9.10. The molecule has 0 saturated carbocycles. The van der Waals surface area contributed by atoms with Crippen molar-refractivity contribution in [1.82, 2.24) is 5.32 Å². The predicted molar refractivity (Wildman–Crippen MR) is 131 cm³/mol. The number of anilines is 2. The van der Waals surface area contributed by atoms with Crippen molar-refractivity contribution in [1.29, 1.82) is 0 Å². The van der Waals surface area contributed by atoms with Crippen LogP contribution in [0.4, 0.5) is 11.4 Å². The second-order valence-electron chi connectivity index (χ2n) is 8.58. The number of ketones is 1. The van der Waals surface area contributed by atoms with Crippen LogP contribution in [0.5, 0.6) is 0 Å². The summed E-state index contributed by atoms with van der Waals surface area (Å²) in [5, 5.41) is 4.13. The number of hydrogen-bond acceptors (Lipinski definition) is 4. The molecule has 3 aromatic rings. The zero-order valence-corrected chi connectivity index (χ0v) is 19.9. The number of nitrogens with zero attached hydrogens (tertiary/aromatic N) is 1. The van der Waals surface area contributed by atoms with Crippen LogP contribution in [0.15, 0.2) is 76.5 Å². The van der Waals surface area contributed by atoms with Gasteiger partial charge in [0.15, 0.2) is 5.78 Å². The third kappa shape index (κ3) is 4.90. The molecular formula is C26H25ClN2O2S. The molecule has 0 aliphatic carbocycles. The lowest BCUT2D eigenvalue weighted by Crippen LogP contribution is -2.47. The van der Waals surface area contributed by atoms with Gasteiger partial charge in [-0.3, -0.25) is 14.5 Å². The van der Waals surface area contributed by atoms with Gasteiger partial charge in [-0.2, -0.15) is 0 Å². The molecular weight excluding hydrogens is 440 g/mol. The maximum atomic E-state index is 13.5. The number of rotatable bonds is 6. The number of hydrogen-bond donors (Lipinski definition) is 1. The number of fused-ring (bicyclic) bond motifs is 2. The number of amides is 1. The SMILES string of the molecule is CC(=O)c1ccc2c(c1)N(C(=O)CNC(C)(C)Cc1ccc(Cl)cc1)c1ccccc1S2. The Bertz CT molecular complexity index is 1170. The summed E-state index contributed by atoms with van der Waals surface area (Å²) in [4.78, 5) is 29.2. The van der Waals surface area contributed by atoms with Crippen molar-refractivity contribution < 1.29 is 9.59 Å². The van der Waals surface area contributed by atoms with E-state index in [1.54, 1.807) is 23.6 Å². The van der Waals surface area contributed by atoms with Gasteiger partial charge in [-0.15, -0.1) is 0 Å². The fourth-order valence-corrected chi connectivity index (χ4v) is 4.98. The van der Waals surface area contributed by atoms with Gasteiger partial charge in [0.2, 0.25) is 5.91 Å². The number of carbonyl (C=O) groups excluding carboxylic acids is 2. The topological polar surface area (TPSA) is 49.4 Å². The summed E-state index contributed by atoms with van der Waals surface area (Å²) in [6, 6.07) is 21.2. The number of benzene rings is 3. The Hall–Kier alpha value is -2.60. The van der Waals surface area contributed by atoms with Crippen molar-refractivity contribution in [3.63, 3.8) is 0 Å². The van der Waals surface area contributed by atoms with Gasteiger partial charge in [0.25, 0.3) is 0 Å². The summed E-state index contributed by atoms with van der Waals surface area (Å²) < 4.78 is 0. The predicted octanol–water partition coefficient (Wildman–Crippen LogP) is 6.28. The molecule has 1 heterocycles. The van der Waals surface area contributed by atoms with E-state index in [1.807, 2.05) is 66.7 Å². The highest BCUT2D eigenvalue weighted by Gasteiger charge is 2.30. The molecule has 4 rings (SSSR count). The largest absolute Gasteiger partial charge is 0.303 e. The molecule has 0 aromatic heterocycles. The summed E-state index contributed by atoms with van der Waals surface area (Å²) >= 11 is 7.61. The Morgan fingerprint density at radius 2 is 1.66 bits per heavy atom. The van der Waals surface area contributed by atoms with Crippen molar-refractivity contribution in [2.45, 2.75) is 42.5 Å². The Kier molecular flexibility index (Phi) is 6.42. The molecule has 164 valence electrons. The van der Waals surface area contributed by atoms with E-state index < -0.39 is 0 Å². The molecule has 0 radical (unpaired) electrons. The molecule has 0 unspecified atom stereocenters. The first kappa shape index (κ1) is 22.6. The molecule has 1 aliphatic rings. The Balaban J connectivity index is 1.58. The van der Waals surface area contributed by atoms with E-state index >= 15 is 0 Å². The van der Waals surface area contributed by atoms with E-state index in [0.717, 1.165) is 33.2 Å². The van der Waals surface area contributed by atoms with Gasteiger partial charge < -0.3 is 5.32 Å². The minimum Gasteiger partial charge on any atom is -0.303 e. The lowest BCUT2D eigenvalue weighted by Gasteiger charge is -2.33. The van der Waals surface area contributed by atoms with Crippen molar-refractivity contribution in [2.75, 3.05) is 11.4 Å². The minimum absolute atomic E-state index is 0.0220. The third-order valence-corrected chi connectivity index (χ3v) is 6.84. The van der Waals surface area contributed by atoms with Crippen LogP contribution in [0.3, 0.4) is 0 Å². The van der Waals surface area contributed by atoms with Gasteiger partial charge in [0.05, 0.1) is 17.9 Å². The fraction of sp³-hybridized carbons (Fsp3) is 0.231. The average Bonchev–Trinajstić information content (AvgIpc) is 2.77. The van der Waals surface area contributed by atoms with Crippen molar-refractivity contribution in [2.24, 2.45) is 0 Å². The summed E-state index contributed by atoms with van der Waals surface area (Å²) in [7, 11) is 0. The van der Waals surface area contributed by atoms with Gasteiger partial charge in [-0.1, -0.05) is 53.7 Å². The standard InChI is InChI=1S/C26H25ClN2O2S/c1-17(30)19-10-13-24-22(14-19)29(21-6-4-5-7-23(21)32-24)25(31)16-28-26(2,3)15-18-8-11-20(27)12-9-18/h4-14,28H,15-16H2,1-3H3. The molecule has 4 nitrogen and oxygen atoms in total. The zero-order valence-electron chi connectivity index (χ0n) is 18.3. The van der Waals surface area contributed by atoms with Gasteiger partial charge in [-0.05, 0) is 69.2 Å². The Morgan fingerprint density at radius 3 is 2.38 bits per heavy atom. The van der Waals surface area contributed by atoms with E-state index in [4.69, 9.17) is 11.6 Å². The van der Waals surface area contributed by atoms with E-state index in [0.29, 0.717) is 10.6 Å². The summed E-state index contributed by atoms with van der Waals surface area (Å²) in [5.41, 5.74) is 3.04. The maximum Gasteiger partial charge on any atom is 0.245 e. The van der Waals surface area contributed by atoms with Crippen LogP contribution in [0.1, 0.15) is 36.7 Å². The normalized spacial score (nSPS) is 12.8. The average molecular weight is 465 g/mol. The van der Waals surface area contributed by atoms with Crippen molar-refractivity contribution >= 4 is 46.4 Å². The summed E-state index contributed by atoms with van der Waals surface area (Å²) in [5.74, 6) is -0.0878. The van der Waals surface area contributed by atoms with Crippen LogP contribution in [-0.4, -0.2) is 23.8 Å². The van der Waals surface area contributed by atoms with Gasteiger partial charge in [0.1, 0.15) is 0 Å². The van der Waals surface area contributed by atoms with E-state index in [2.05, 4.69) is 19.2 Å². The molecule has 0 spiro atoms. The highest BCUT2D eigenvalue weighted by Crippen LogP contribution is 2.48. The summed E-state index contributed by atoms with van der Waals surface area (Å²) in [6.07, 6.45) is 0.759. The molecule has 0 fully saturated rings. The lowest BCUT2D eigenvalue weighted by molar-refractivity contribution is -0.117. The van der Waals surface area contributed by atoms with Crippen molar-refractivity contribution in [3.8, 4) is 0 Å². The van der Waals surface area contributed by atoms with Crippen molar-refractivity contribution in [3.05, 3.63) is 82.9 Å². The second-order valence-corrected chi connectivity index (χ2v) is 10.1. The first-order chi connectivity index (χ1) is 15.2. The Labute approximate surface area is 198 Å². The van der Waals surface area contributed by atoms with E-state index in [1.165, 1.54) is 0 Å². The number of carbonyl (C=O) groups is 2. The molecule has 0 saturated heterocycles.